The molecule has 5 bridgehead atoms. The van der Waals surface area contributed by atoms with E-state index in [9.17, 15) is 19.8 Å². The Hall–Kier alpha value is -1.44. The lowest BCUT2D eigenvalue weighted by molar-refractivity contribution is -0.270. The van der Waals surface area contributed by atoms with Gasteiger partial charge in [0.25, 0.3) is 0 Å². The third-order valence-corrected chi connectivity index (χ3v) is 6.64. The van der Waals surface area contributed by atoms with Crippen LogP contribution < -0.4 is 0 Å². The minimum Gasteiger partial charge on any atom is -0.469 e. The molecule has 2 heterocycles. The molecule has 0 aromatic rings. The van der Waals surface area contributed by atoms with Crippen LogP contribution in [0.3, 0.4) is 0 Å². The van der Waals surface area contributed by atoms with Gasteiger partial charge in [-0.2, -0.15) is 0 Å². The highest BCUT2D eigenvalue weighted by Crippen LogP contribution is 2.71. The summed E-state index contributed by atoms with van der Waals surface area (Å²) in [7, 11) is 1.25. The second-order valence-corrected chi connectivity index (χ2v) is 7.39. The predicted octanol–water partition coefficient (Wildman–Crippen LogP) is -0.454. The summed E-state index contributed by atoms with van der Waals surface area (Å²) >= 11 is 0. The van der Waals surface area contributed by atoms with Gasteiger partial charge in [-0.15, -0.1) is 0 Å². The molecule has 2 saturated carbocycles. The van der Waals surface area contributed by atoms with E-state index in [0.29, 0.717) is 5.57 Å². The van der Waals surface area contributed by atoms with Crippen molar-refractivity contribution in [2.24, 2.45) is 17.3 Å². The van der Waals surface area contributed by atoms with Gasteiger partial charge < -0.3 is 24.4 Å². The van der Waals surface area contributed by atoms with Crippen molar-refractivity contribution in [2.45, 2.75) is 49.8 Å². The number of ether oxygens (including phenoxy) is 3. The Morgan fingerprint density at radius 1 is 1.43 bits per heavy atom. The molecule has 23 heavy (non-hydrogen) atoms. The molecular formula is C16H20O7. The largest absolute Gasteiger partial charge is 0.469 e. The molecule has 2 saturated heterocycles. The van der Waals surface area contributed by atoms with Crippen molar-refractivity contribution in [3.05, 3.63) is 12.2 Å². The van der Waals surface area contributed by atoms with Crippen LogP contribution in [0.4, 0.5) is 0 Å². The molecule has 2 aliphatic carbocycles. The molecule has 4 aliphatic rings. The van der Waals surface area contributed by atoms with Crippen LogP contribution in [-0.4, -0.2) is 58.8 Å². The average molecular weight is 324 g/mol. The maximum Gasteiger partial charge on any atom is 0.342 e. The van der Waals surface area contributed by atoms with Gasteiger partial charge >= 0.3 is 11.9 Å². The Kier molecular flexibility index (Phi) is 2.60. The maximum absolute atomic E-state index is 12.5. The number of carbonyl (C=O) groups is 2. The lowest BCUT2D eigenvalue weighted by Crippen LogP contribution is -2.73. The van der Waals surface area contributed by atoms with Crippen molar-refractivity contribution in [3.8, 4) is 0 Å². The van der Waals surface area contributed by atoms with Gasteiger partial charge in [0.15, 0.2) is 5.60 Å². The number of esters is 2. The van der Waals surface area contributed by atoms with Crippen LogP contribution in [0, 0.1) is 17.3 Å². The van der Waals surface area contributed by atoms with Gasteiger partial charge in [0.2, 0.25) is 0 Å². The summed E-state index contributed by atoms with van der Waals surface area (Å²) in [6.45, 7) is 7.26. The second-order valence-electron chi connectivity index (χ2n) is 7.39. The lowest BCUT2D eigenvalue weighted by Gasteiger charge is -2.57. The molecule has 126 valence electrons. The van der Waals surface area contributed by atoms with E-state index in [0.717, 1.165) is 0 Å². The van der Waals surface area contributed by atoms with E-state index in [1.54, 1.807) is 13.8 Å². The zero-order valence-corrected chi connectivity index (χ0v) is 13.2. The van der Waals surface area contributed by atoms with E-state index in [2.05, 4.69) is 6.58 Å². The van der Waals surface area contributed by atoms with Crippen LogP contribution in [0.2, 0.25) is 0 Å². The minimum atomic E-state index is -1.95. The SMILES string of the molecule is C=C(C)C1C2OC3CC(O)(C1C(=O)OC)C1(C)C2OC(=O)C31O. The van der Waals surface area contributed by atoms with Gasteiger partial charge in [-0.3, -0.25) is 4.79 Å². The van der Waals surface area contributed by atoms with Crippen LogP contribution in [0.1, 0.15) is 20.3 Å². The van der Waals surface area contributed by atoms with Crippen molar-refractivity contribution in [1.29, 1.82) is 0 Å². The smallest absolute Gasteiger partial charge is 0.342 e. The summed E-state index contributed by atoms with van der Waals surface area (Å²) in [4.78, 5) is 24.8. The molecule has 0 aromatic heterocycles. The van der Waals surface area contributed by atoms with Crippen LogP contribution >= 0.6 is 0 Å². The van der Waals surface area contributed by atoms with E-state index in [1.807, 2.05) is 0 Å². The molecule has 0 aromatic carbocycles. The van der Waals surface area contributed by atoms with Gasteiger partial charge in [0, 0.05) is 12.3 Å². The van der Waals surface area contributed by atoms with Crippen molar-refractivity contribution >= 4 is 11.9 Å². The maximum atomic E-state index is 12.5. The molecular weight excluding hydrogens is 304 g/mol. The van der Waals surface area contributed by atoms with Gasteiger partial charge in [-0.1, -0.05) is 12.2 Å². The molecule has 2 aliphatic heterocycles. The van der Waals surface area contributed by atoms with Gasteiger partial charge in [-0.05, 0) is 13.8 Å². The van der Waals surface area contributed by atoms with Crippen LogP contribution in [0.25, 0.3) is 0 Å². The zero-order chi connectivity index (χ0) is 16.9. The average Bonchev–Trinajstić information content (AvgIpc) is 2.67. The Balaban J connectivity index is 1.99. The first-order chi connectivity index (χ1) is 10.6. The van der Waals surface area contributed by atoms with Gasteiger partial charge in [0.1, 0.15) is 18.3 Å². The highest BCUT2D eigenvalue weighted by molar-refractivity contribution is 5.88. The second kappa shape index (κ2) is 3.96. The summed E-state index contributed by atoms with van der Waals surface area (Å²) < 4.78 is 16.2. The first-order valence-corrected chi connectivity index (χ1v) is 7.69. The van der Waals surface area contributed by atoms with E-state index in [1.165, 1.54) is 7.11 Å². The van der Waals surface area contributed by atoms with E-state index < -0.39 is 58.7 Å². The fourth-order valence-electron chi connectivity index (χ4n) is 5.48. The summed E-state index contributed by atoms with van der Waals surface area (Å²) in [5.74, 6) is -2.91. The molecule has 7 nitrogen and oxygen atoms in total. The van der Waals surface area contributed by atoms with Crippen molar-refractivity contribution < 1.29 is 34.0 Å². The summed E-state index contributed by atoms with van der Waals surface area (Å²) in [5, 5.41) is 22.5. The number of methoxy groups -OCH3 is 1. The van der Waals surface area contributed by atoms with Crippen molar-refractivity contribution in [1.82, 2.24) is 0 Å². The highest BCUT2D eigenvalue weighted by atomic mass is 16.6. The number of aliphatic hydroxyl groups is 2. The van der Waals surface area contributed by atoms with Gasteiger partial charge in [-0.25, -0.2) is 4.79 Å². The first-order valence-electron chi connectivity index (χ1n) is 7.69. The standard InChI is InChI=1S/C16H20O7/c1-6(2)8-9(12(17)21-4)15(19)5-7-16(20)13(18)23-11(10(8)22-7)14(15,16)3/h7-11,19-20H,1,5H2,2-4H3. The number of hydrogen-bond donors (Lipinski definition) is 2. The quantitative estimate of drug-likeness (QED) is 0.524. The summed E-state index contributed by atoms with van der Waals surface area (Å²) in [6, 6.07) is 0. The monoisotopic (exact) mass is 324 g/mol. The molecule has 0 radical (unpaired) electrons. The molecule has 4 fully saturated rings. The van der Waals surface area contributed by atoms with Gasteiger partial charge in [0.05, 0.1) is 24.0 Å². The Labute approximate surface area is 133 Å². The van der Waals surface area contributed by atoms with E-state index in [4.69, 9.17) is 14.2 Å². The number of carbonyl (C=O) groups excluding carboxylic acids is 2. The minimum absolute atomic E-state index is 0.0222. The zero-order valence-electron chi connectivity index (χ0n) is 13.2. The number of hydrogen-bond acceptors (Lipinski definition) is 7. The van der Waals surface area contributed by atoms with Crippen molar-refractivity contribution in [2.75, 3.05) is 7.11 Å². The van der Waals surface area contributed by atoms with E-state index in [-0.39, 0.29) is 6.42 Å². The highest BCUT2D eigenvalue weighted by Gasteiger charge is 2.89. The van der Waals surface area contributed by atoms with Crippen LogP contribution in [0.15, 0.2) is 12.2 Å². The van der Waals surface area contributed by atoms with Crippen LogP contribution in [-0.2, 0) is 23.8 Å². The Morgan fingerprint density at radius 2 is 2.09 bits per heavy atom. The summed E-state index contributed by atoms with van der Waals surface area (Å²) in [5.41, 5.74) is -4.31. The Morgan fingerprint density at radius 3 is 2.65 bits per heavy atom. The fourth-order valence-corrected chi connectivity index (χ4v) is 5.48. The molecule has 0 amide bonds. The Bertz CT molecular complexity index is 644. The third-order valence-electron chi connectivity index (χ3n) is 6.64. The molecule has 7 heteroatoms. The normalized spacial score (nSPS) is 55.7. The molecule has 4 rings (SSSR count). The predicted molar refractivity (Wildman–Crippen MR) is 75.0 cm³/mol. The van der Waals surface area contributed by atoms with Crippen LogP contribution in [0.5, 0.6) is 0 Å². The van der Waals surface area contributed by atoms with Crippen molar-refractivity contribution in [3.63, 3.8) is 0 Å². The molecule has 8 atom stereocenters. The number of rotatable bonds is 2. The fraction of sp³-hybridized carbons (Fsp3) is 0.750. The third kappa shape index (κ3) is 1.24. The van der Waals surface area contributed by atoms with E-state index >= 15 is 0 Å². The topological polar surface area (TPSA) is 102 Å². The molecule has 2 N–H and O–H groups in total. The lowest BCUT2D eigenvalue weighted by atomic mass is 9.51. The molecule has 0 spiro atoms. The summed E-state index contributed by atoms with van der Waals surface area (Å²) in [6.07, 6.45) is -2.40. The molecule has 8 unspecified atom stereocenters. The first kappa shape index (κ1) is 15.1.